The van der Waals surface area contributed by atoms with Gasteiger partial charge in [0.2, 0.25) is 0 Å². The van der Waals surface area contributed by atoms with Crippen molar-refractivity contribution in [1.82, 2.24) is 23.8 Å². The van der Waals surface area contributed by atoms with Gasteiger partial charge in [-0.3, -0.25) is 0 Å². The van der Waals surface area contributed by atoms with Crippen LogP contribution < -0.4 is 4.72 Å². The number of fused-ring (bicyclic) bond motifs is 1. The van der Waals surface area contributed by atoms with Gasteiger partial charge in [-0.2, -0.15) is 30.6 Å². The van der Waals surface area contributed by atoms with Crippen LogP contribution in [0.25, 0.3) is 17.1 Å². The van der Waals surface area contributed by atoms with Gasteiger partial charge in [-0.05, 0) is 79.0 Å². The van der Waals surface area contributed by atoms with Crippen molar-refractivity contribution >= 4 is 10.2 Å². The van der Waals surface area contributed by atoms with Gasteiger partial charge in [0.1, 0.15) is 18.7 Å². The molecule has 0 amide bonds. The molecule has 3 aliphatic rings. The lowest BCUT2D eigenvalue weighted by Crippen LogP contribution is -2.52. The van der Waals surface area contributed by atoms with E-state index in [0.717, 1.165) is 29.5 Å². The number of hydrogen-bond acceptors (Lipinski definition) is 4. The normalized spacial score (nSPS) is 27.3. The first-order valence-electron chi connectivity index (χ1n) is 11.7. The predicted octanol–water partition coefficient (Wildman–Crippen LogP) is 3.65. The Balaban J connectivity index is 1.29. The van der Waals surface area contributed by atoms with Gasteiger partial charge < -0.3 is 0 Å². The second kappa shape index (κ2) is 8.09. The van der Waals surface area contributed by atoms with Crippen molar-refractivity contribution in [2.24, 2.45) is 11.8 Å². The largest absolute Gasteiger partial charge is 0.402 e. The molecule has 6 rings (SSSR count). The maximum atomic E-state index is 13.2. The van der Waals surface area contributed by atoms with Crippen molar-refractivity contribution in [3.63, 3.8) is 0 Å². The van der Waals surface area contributed by atoms with Crippen LogP contribution in [0.5, 0.6) is 0 Å². The van der Waals surface area contributed by atoms with Gasteiger partial charge in [0, 0.05) is 12.1 Å². The topological polar surface area (TPSA) is 80.1 Å². The van der Waals surface area contributed by atoms with E-state index < -0.39 is 28.5 Å². The Bertz CT molecular complexity index is 1420. The van der Waals surface area contributed by atoms with Gasteiger partial charge >= 0.3 is 6.18 Å². The molecule has 2 aliphatic carbocycles. The Hall–Kier alpha value is -2.83. The Kier molecular flexibility index (Phi) is 5.29. The van der Waals surface area contributed by atoms with Crippen LogP contribution in [0.2, 0.25) is 0 Å². The molecule has 1 N–H and O–H groups in total. The smallest absolute Gasteiger partial charge is 0.220 e. The molecule has 1 saturated heterocycles. The third kappa shape index (κ3) is 4.00. The Morgan fingerprint density at radius 3 is 2.42 bits per heavy atom. The maximum absolute atomic E-state index is 13.2. The van der Waals surface area contributed by atoms with Crippen molar-refractivity contribution in [2.75, 3.05) is 13.1 Å². The summed E-state index contributed by atoms with van der Waals surface area (Å²) in [5.41, 5.74) is 2.64. The minimum absolute atomic E-state index is 0.0848. The molecule has 190 valence electrons. The highest BCUT2D eigenvalue weighted by Crippen LogP contribution is 2.50. The summed E-state index contributed by atoms with van der Waals surface area (Å²) < 4.78 is 82.6. The van der Waals surface area contributed by atoms with Gasteiger partial charge in [0.05, 0.1) is 11.2 Å². The highest BCUT2D eigenvalue weighted by atomic mass is 32.2. The molecule has 2 aromatic carbocycles. The predicted molar refractivity (Wildman–Crippen MR) is 123 cm³/mol. The van der Waals surface area contributed by atoms with Crippen LogP contribution in [0.15, 0.2) is 48.8 Å². The van der Waals surface area contributed by atoms with Crippen LogP contribution >= 0.6 is 0 Å². The average molecular weight is 522 g/mol. The van der Waals surface area contributed by atoms with Crippen molar-refractivity contribution in [2.45, 2.75) is 37.4 Å². The molecule has 1 aromatic heterocycles. The number of benzene rings is 2. The zero-order chi connectivity index (χ0) is 25.3. The highest BCUT2D eigenvalue weighted by Gasteiger charge is 2.60. The summed E-state index contributed by atoms with van der Waals surface area (Å²) >= 11 is 0. The number of nitrogens with zero attached hydrogens (tertiary/aromatic N) is 4. The maximum Gasteiger partial charge on any atom is 0.402 e. The number of nitrogens with one attached hydrogen (secondary N) is 1. The minimum atomic E-state index is -4.60. The monoisotopic (exact) mass is 521 g/mol. The van der Waals surface area contributed by atoms with E-state index in [2.05, 4.69) is 14.8 Å². The lowest BCUT2D eigenvalue weighted by Gasteiger charge is -2.33. The molecular weight excluding hydrogens is 498 g/mol. The first-order chi connectivity index (χ1) is 17.0. The molecule has 12 heteroatoms. The molecular formula is C24H23F4N5O2S. The molecule has 3 atom stereocenters. The van der Waals surface area contributed by atoms with E-state index in [4.69, 9.17) is 0 Å². The Labute approximate surface area is 205 Å². The summed E-state index contributed by atoms with van der Waals surface area (Å²) in [6.07, 6.45) is -0.404. The molecule has 0 unspecified atom stereocenters. The quantitative estimate of drug-likeness (QED) is 0.534. The van der Waals surface area contributed by atoms with Gasteiger partial charge in [0.15, 0.2) is 5.82 Å². The fourth-order valence-electron chi connectivity index (χ4n) is 6.10. The summed E-state index contributed by atoms with van der Waals surface area (Å²) in [4.78, 5) is 4.39. The number of alkyl halides is 3. The van der Waals surface area contributed by atoms with E-state index in [-0.39, 0.29) is 24.2 Å². The van der Waals surface area contributed by atoms with Gasteiger partial charge in [-0.1, -0.05) is 12.1 Å². The summed E-state index contributed by atoms with van der Waals surface area (Å²) in [6.45, 7) is -1.66. The van der Waals surface area contributed by atoms with Crippen molar-refractivity contribution in [1.29, 1.82) is 0 Å². The summed E-state index contributed by atoms with van der Waals surface area (Å²) in [7, 11) is -4.22. The number of hydrogen-bond donors (Lipinski definition) is 1. The number of halogens is 4. The molecule has 3 aromatic rings. The zero-order valence-corrected chi connectivity index (χ0v) is 19.9. The van der Waals surface area contributed by atoms with E-state index in [1.54, 1.807) is 23.1 Å². The Morgan fingerprint density at radius 1 is 1.03 bits per heavy atom. The molecule has 2 fully saturated rings. The highest BCUT2D eigenvalue weighted by molar-refractivity contribution is 7.87. The third-order valence-electron chi connectivity index (χ3n) is 7.75. The van der Waals surface area contributed by atoms with E-state index in [0.29, 0.717) is 28.7 Å². The first kappa shape index (κ1) is 23.6. The molecule has 7 nitrogen and oxygen atoms in total. The summed E-state index contributed by atoms with van der Waals surface area (Å²) in [5.74, 6) is -0.0534. The van der Waals surface area contributed by atoms with Crippen molar-refractivity contribution in [3.05, 3.63) is 65.7 Å². The molecule has 2 bridgehead atoms. The molecule has 1 aliphatic heterocycles. The van der Waals surface area contributed by atoms with Crippen LogP contribution in [-0.2, 0) is 23.1 Å². The summed E-state index contributed by atoms with van der Waals surface area (Å²) in [6, 6.07) is 11.8. The molecule has 0 radical (unpaired) electrons. The van der Waals surface area contributed by atoms with E-state index >= 15 is 0 Å². The average Bonchev–Trinajstić information content (AvgIpc) is 3.43. The molecule has 1 saturated carbocycles. The van der Waals surface area contributed by atoms with Crippen molar-refractivity contribution < 1.29 is 26.0 Å². The molecule has 1 spiro atoms. The lowest BCUT2D eigenvalue weighted by molar-refractivity contribution is -0.136. The minimum Gasteiger partial charge on any atom is -0.220 e. The van der Waals surface area contributed by atoms with Crippen LogP contribution in [0.3, 0.4) is 0 Å². The second-order valence-corrected chi connectivity index (χ2v) is 11.6. The van der Waals surface area contributed by atoms with Crippen LogP contribution in [0.4, 0.5) is 17.6 Å². The second-order valence-electron chi connectivity index (χ2n) is 9.88. The van der Waals surface area contributed by atoms with Crippen LogP contribution in [-0.4, -0.2) is 52.3 Å². The fourth-order valence-corrected chi connectivity index (χ4v) is 7.80. The molecule has 2 heterocycles. The first-order valence-corrected chi connectivity index (χ1v) is 13.1. The van der Waals surface area contributed by atoms with Crippen molar-refractivity contribution in [3.8, 4) is 17.1 Å². The van der Waals surface area contributed by atoms with E-state index in [1.807, 2.05) is 18.2 Å². The van der Waals surface area contributed by atoms with Crippen LogP contribution in [0, 0.1) is 17.7 Å². The van der Waals surface area contributed by atoms with E-state index in [9.17, 15) is 26.0 Å². The fraction of sp³-hybridized carbons (Fsp3) is 0.417. The summed E-state index contributed by atoms with van der Waals surface area (Å²) in [5, 5.41) is 4.51. The lowest BCUT2D eigenvalue weighted by atomic mass is 9.79. The number of rotatable bonds is 3. The van der Waals surface area contributed by atoms with E-state index in [1.165, 1.54) is 12.1 Å². The van der Waals surface area contributed by atoms with Crippen LogP contribution in [0.1, 0.15) is 24.0 Å². The Morgan fingerprint density at radius 2 is 1.72 bits per heavy atom. The van der Waals surface area contributed by atoms with Gasteiger partial charge in [0.25, 0.3) is 10.2 Å². The third-order valence-corrected chi connectivity index (χ3v) is 9.33. The zero-order valence-electron chi connectivity index (χ0n) is 19.0. The van der Waals surface area contributed by atoms with Gasteiger partial charge in [-0.25, -0.2) is 14.1 Å². The number of aromatic nitrogens is 3. The standard InChI is InChI=1S/C24H23F4N5O2S/c25-20-5-7-21(8-6-20)33-14-29-22(30-33)16-2-1-15-10-18-3-4-19(11-17(15)9-16)23(18)12-32(13-24(26,27)28)36(34,35)31-23/h1-2,5-9,14,18-19,31H,3-4,10-13H2/t18-,19+,23+/m0/s1. The molecule has 36 heavy (non-hydrogen) atoms. The van der Waals surface area contributed by atoms with Gasteiger partial charge in [-0.15, -0.1) is 5.10 Å². The SMILES string of the molecule is O=S1(=O)N[C@@]2(CN1CC(F)(F)F)[C@@H]1CC[C@H]2Cc2ccc(-c3ncn(-c4ccc(F)cc4)n3)cc2C1.